The van der Waals surface area contributed by atoms with E-state index in [0.717, 1.165) is 30.5 Å². The second-order valence-corrected chi connectivity index (χ2v) is 7.74. The summed E-state index contributed by atoms with van der Waals surface area (Å²) in [6.45, 7) is 6.22. The number of para-hydroxylation sites is 1. The molecule has 2 aromatic rings. The molecule has 4 nitrogen and oxygen atoms in total. The van der Waals surface area contributed by atoms with Gasteiger partial charge in [0.1, 0.15) is 5.75 Å². The van der Waals surface area contributed by atoms with Gasteiger partial charge in [-0.25, -0.2) is 0 Å². The van der Waals surface area contributed by atoms with Crippen LogP contribution in [0.25, 0.3) is 0 Å². The lowest BCUT2D eigenvalue weighted by atomic mass is 9.92. The van der Waals surface area contributed by atoms with Crippen molar-refractivity contribution in [3.63, 3.8) is 0 Å². The quantitative estimate of drug-likeness (QED) is 0.830. The Labute approximate surface area is 153 Å². The number of phenols is 1. The van der Waals surface area contributed by atoms with Gasteiger partial charge in [-0.2, -0.15) is 0 Å². The second kappa shape index (κ2) is 8.02. The third-order valence-electron chi connectivity index (χ3n) is 4.98. The topological polar surface area (TPSA) is 52.6 Å². The zero-order valence-corrected chi connectivity index (χ0v) is 15.7. The highest BCUT2D eigenvalue weighted by atomic mass is 32.1. The average molecular weight is 359 g/mol. The third kappa shape index (κ3) is 3.88. The third-order valence-corrected chi connectivity index (χ3v) is 5.98. The lowest BCUT2D eigenvalue weighted by Gasteiger charge is -2.36. The zero-order valence-electron chi connectivity index (χ0n) is 14.9. The number of carbonyl (C=O) groups is 1. The number of carbonyl (C=O) groups excluding carboxylic acids is 1. The molecule has 3 rings (SSSR count). The lowest BCUT2D eigenvalue weighted by Crippen LogP contribution is -2.44. The fourth-order valence-corrected chi connectivity index (χ4v) is 4.21. The Morgan fingerprint density at radius 3 is 2.92 bits per heavy atom. The molecule has 0 saturated heterocycles. The number of aromatic hydroxyl groups is 1. The number of benzene rings is 1. The van der Waals surface area contributed by atoms with Gasteiger partial charge in [0.2, 0.25) is 5.91 Å². The number of nitrogens with one attached hydrogen (secondary N) is 1. The van der Waals surface area contributed by atoms with E-state index in [4.69, 9.17) is 0 Å². The molecule has 0 fully saturated rings. The highest BCUT2D eigenvalue weighted by molar-refractivity contribution is 7.10. The van der Waals surface area contributed by atoms with Crippen LogP contribution in [0, 0.1) is 5.92 Å². The second-order valence-electron chi connectivity index (χ2n) is 6.74. The number of rotatable bonds is 6. The van der Waals surface area contributed by atoms with Crippen molar-refractivity contribution in [2.45, 2.75) is 32.7 Å². The molecule has 0 saturated carbocycles. The molecule has 1 aromatic heterocycles. The maximum atomic E-state index is 12.9. The van der Waals surface area contributed by atoms with Gasteiger partial charge in [0, 0.05) is 17.0 Å². The van der Waals surface area contributed by atoms with E-state index in [0.29, 0.717) is 19.0 Å². The SMILES string of the molecule is CCC(C)CNCC(=O)N1CCc2sccc2C1c1ccccc1O. The highest BCUT2D eigenvalue weighted by Gasteiger charge is 2.33. The van der Waals surface area contributed by atoms with Crippen LogP contribution in [0.3, 0.4) is 0 Å². The summed E-state index contributed by atoms with van der Waals surface area (Å²) in [6.07, 6.45) is 1.98. The average Bonchev–Trinajstić information content (AvgIpc) is 3.10. The maximum absolute atomic E-state index is 12.9. The summed E-state index contributed by atoms with van der Waals surface area (Å²) in [6, 6.07) is 9.23. The van der Waals surface area contributed by atoms with Crippen molar-refractivity contribution in [2.75, 3.05) is 19.6 Å². The highest BCUT2D eigenvalue weighted by Crippen LogP contribution is 2.40. The minimum Gasteiger partial charge on any atom is -0.508 e. The van der Waals surface area contributed by atoms with E-state index in [1.54, 1.807) is 17.4 Å². The van der Waals surface area contributed by atoms with Gasteiger partial charge in [0.05, 0.1) is 12.6 Å². The summed E-state index contributed by atoms with van der Waals surface area (Å²) in [5.41, 5.74) is 1.95. The zero-order chi connectivity index (χ0) is 17.8. The summed E-state index contributed by atoms with van der Waals surface area (Å²) >= 11 is 1.73. The van der Waals surface area contributed by atoms with Crippen molar-refractivity contribution in [1.82, 2.24) is 10.2 Å². The number of phenolic OH excluding ortho intramolecular Hbond substituents is 1. The monoisotopic (exact) mass is 358 g/mol. The van der Waals surface area contributed by atoms with Crippen LogP contribution in [-0.2, 0) is 11.2 Å². The van der Waals surface area contributed by atoms with Gasteiger partial charge < -0.3 is 15.3 Å². The van der Waals surface area contributed by atoms with Gasteiger partial charge in [0.15, 0.2) is 0 Å². The molecule has 0 radical (unpaired) electrons. The van der Waals surface area contributed by atoms with E-state index in [9.17, 15) is 9.90 Å². The van der Waals surface area contributed by atoms with Crippen molar-refractivity contribution in [3.05, 3.63) is 51.7 Å². The Hall–Kier alpha value is -1.85. The first kappa shape index (κ1) is 18.0. The van der Waals surface area contributed by atoms with Crippen LogP contribution in [0.15, 0.2) is 35.7 Å². The largest absolute Gasteiger partial charge is 0.508 e. The molecule has 2 heterocycles. The Bertz CT molecular complexity index is 728. The van der Waals surface area contributed by atoms with Crippen LogP contribution in [0.2, 0.25) is 0 Å². The van der Waals surface area contributed by atoms with Crippen molar-refractivity contribution in [3.8, 4) is 5.75 Å². The molecule has 0 bridgehead atoms. The summed E-state index contributed by atoms with van der Waals surface area (Å²) < 4.78 is 0. The van der Waals surface area contributed by atoms with Crippen LogP contribution in [0.1, 0.15) is 42.3 Å². The van der Waals surface area contributed by atoms with Crippen molar-refractivity contribution in [1.29, 1.82) is 0 Å². The fourth-order valence-electron chi connectivity index (χ4n) is 3.31. The molecule has 25 heavy (non-hydrogen) atoms. The standard InChI is InChI=1S/C20H26N2O2S/c1-3-14(2)12-21-13-19(24)22-10-8-18-16(9-11-25-18)20(22)15-6-4-5-7-17(15)23/h4-7,9,11,14,20-21,23H,3,8,10,12-13H2,1-2H3. The van der Waals surface area contributed by atoms with E-state index in [-0.39, 0.29) is 17.7 Å². The van der Waals surface area contributed by atoms with Crippen LogP contribution < -0.4 is 5.32 Å². The molecule has 1 aliphatic rings. The predicted octanol–water partition coefficient (Wildman–Crippen LogP) is 3.56. The molecule has 2 unspecified atom stereocenters. The number of nitrogens with zero attached hydrogens (tertiary/aromatic N) is 1. The Morgan fingerprint density at radius 1 is 1.36 bits per heavy atom. The van der Waals surface area contributed by atoms with E-state index in [2.05, 4.69) is 30.6 Å². The summed E-state index contributed by atoms with van der Waals surface area (Å²) in [5.74, 6) is 0.900. The smallest absolute Gasteiger partial charge is 0.237 e. The summed E-state index contributed by atoms with van der Waals surface area (Å²) in [5, 5.41) is 15.7. The molecule has 1 aromatic carbocycles. The first-order chi connectivity index (χ1) is 12.1. The van der Waals surface area contributed by atoms with E-state index < -0.39 is 0 Å². The normalized spacial score (nSPS) is 18.0. The van der Waals surface area contributed by atoms with E-state index >= 15 is 0 Å². The van der Waals surface area contributed by atoms with Crippen molar-refractivity contribution >= 4 is 17.2 Å². The Balaban J connectivity index is 1.83. The minimum atomic E-state index is -0.200. The molecule has 5 heteroatoms. The molecular formula is C20H26N2O2S. The lowest BCUT2D eigenvalue weighted by molar-refractivity contribution is -0.132. The van der Waals surface area contributed by atoms with Crippen LogP contribution in [0.5, 0.6) is 5.75 Å². The van der Waals surface area contributed by atoms with Crippen molar-refractivity contribution in [2.24, 2.45) is 5.92 Å². The van der Waals surface area contributed by atoms with Gasteiger partial charge in [-0.05, 0) is 42.0 Å². The number of thiophene rings is 1. The molecule has 1 amide bonds. The maximum Gasteiger partial charge on any atom is 0.237 e. The van der Waals surface area contributed by atoms with E-state index in [1.807, 2.05) is 23.1 Å². The fraction of sp³-hybridized carbons (Fsp3) is 0.450. The van der Waals surface area contributed by atoms with Gasteiger partial charge in [-0.1, -0.05) is 38.5 Å². The first-order valence-electron chi connectivity index (χ1n) is 8.96. The van der Waals surface area contributed by atoms with Gasteiger partial charge in [-0.15, -0.1) is 11.3 Å². The number of fused-ring (bicyclic) bond motifs is 1. The van der Waals surface area contributed by atoms with Gasteiger partial charge >= 0.3 is 0 Å². The van der Waals surface area contributed by atoms with Gasteiger partial charge in [0.25, 0.3) is 0 Å². The molecule has 2 atom stereocenters. The van der Waals surface area contributed by atoms with Gasteiger partial charge in [-0.3, -0.25) is 4.79 Å². The predicted molar refractivity (Wildman–Crippen MR) is 102 cm³/mol. The molecule has 1 aliphatic heterocycles. The van der Waals surface area contributed by atoms with Crippen LogP contribution >= 0.6 is 11.3 Å². The Kier molecular flexibility index (Phi) is 5.76. The number of hydrogen-bond acceptors (Lipinski definition) is 4. The molecule has 2 N–H and O–H groups in total. The van der Waals surface area contributed by atoms with Crippen molar-refractivity contribution < 1.29 is 9.90 Å². The molecule has 0 aliphatic carbocycles. The summed E-state index contributed by atoms with van der Waals surface area (Å²) in [4.78, 5) is 16.1. The molecule has 134 valence electrons. The Morgan fingerprint density at radius 2 is 2.16 bits per heavy atom. The minimum absolute atomic E-state index is 0.0911. The van der Waals surface area contributed by atoms with E-state index in [1.165, 1.54) is 4.88 Å². The number of amides is 1. The molecule has 0 spiro atoms. The first-order valence-corrected chi connectivity index (χ1v) is 9.84. The van der Waals surface area contributed by atoms with Crippen LogP contribution in [-0.4, -0.2) is 35.5 Å². The number of hydrogen-bond donors (Lipinski definition) is 2. The molecular weight excluding hydrogens is 332 g/mol. The summed E-state index contributed by atoms with van der Waals surface area (Å²) in [7, 11) is 0. The van der Waals surface area contributed by atoms with Crippen LogP contribution in [0.4, 0.5) is 0 Å².